The predicted molar refractivity (Wildman–Crippen MR) is 85.6 cm³/mol. The summed E-state index contributed by atoms with van der Waals surface area (Å²) in [6.45, 7) is 5.74. The van der Waals surface area contributed by atoms with Crippen molar-refractivity contribution in [2.24, 2.45) is 0 Å². The van der Waals surface area contributed by atoms with Gasteiger partial charge in [-0.1, -0.05) is 13.8 Å². The molecule has 19 heavy (non-hydrogen) atoms. The van der Waals surface area contributed by atoms with Gasteiger partial charge in [0.25, 0.3) is 0 Å². The standard InChI is InChI=1S/C14H21Br2NO2/c1-3-5-19-14-12(15)6-10(7-13(14)16)8-17-11(4-2)9-18/h6-7,11,17-18H,3-5,8-9H2,1-2H3/t11-/m1/s1. The Bertz CT molecular complexity index is 372. The minimum atomic E-state index is 0.147. The third-order valence-corrected chi connectivity index (χ3v) is 3.99. The smallest absolute Gasteiger partial charge is 0.147 e. The molecule has 0 aromatic heterocycles. The first-order valence-corrected chi connectivity index (χ1v) is 8.15. The highest BCUT2D eigenvalue weighted by molar-refractivity contribution is 9.11. The van der Waals surface area contributed by atoms with Crippen LogP contribution in [0, 0.1) is 0 Å². The molecule has 1 aromatic carbocycles. The molecule has 0 unspecified atom stereocenters. The molecule has 0 fully saturated rings. The van der Waals surface area contributed by atoms with Crippen LogP contribution in [0.2, 0.25) is 0 Å². The lowest BCUT2D eigenvalue weighted by Crippen LogP contribution is -2.31. The monoisotopic (exact) mass is 393 g/mol. The van der Waals surface area contributed by atoms with E-state index in [2.05, 4.69) is 51.0 Å². The van der Waals surface area contributed by atoms with Crippen LogP contribution in [0.5, 0.6) is 5.75 Å². The van der Waals surface area contributed by atoms with Crippen LogP contribution in [-0.4, -0.2) is 24.4 Å². The summed E-state index contributed by atoms with van der Waals surface area (Å²) in [6.07, 6.45) is 1.90. The molecule has 0 spiro atoms. The lowest BCUT2D eigenvalue weighted by Gasteiger charge is -2.16. The van der Waals surface area contributed by atoms with E-state index < -0.39 is 0 Å². The first-order chi connectivity index (χ1) is 9.12. The van der Waals surface area contributed by atoms with Gasteiger partial charge < -0.3 is 15.2 Å². The summed E-state index contributed by atoms with van der Waals surface area (Å²) < 4.78 is 7.58. The first-order valence-electron chi connectivity index (χ1n) is 6.57. The molecule has 0 aliphatic carbocycles. The molecule has 0 saturated carbocycles. The molecule has 0 saturated heterocycles. The van der Waals surface area contributed by atoms with E-state index in [1.807, 2.05) is 12.1 Å². The van der Waals surface area contributed by atoms with E-state index in [0.29, 0.717) is 6.61 Å². The van der Waals surface area contributed by atoms with Crippen molar-refractivity contribution in [1.82, 2.24) is 5.32 Å². The van der Waals surface area contributed by atoms with Crippen molar-refractivity contribution in [3.8, 4) is 5.75 Å². The normalized spacial score (nSPS) is 12.5. The van der Waals surface area contributed by atoms with E-state index in [1.54, 1.807) is 0 Å². The van der Waals surface area contributed by atoms with Gasteiger partial charge in [0.05, 0.1) is 22.2 Å². The Morgan fingerprint density at radius 3 is 2.37 bits per heavy atom. The number of nitrogens with one attached hydrogen (secondary N) is 1. The van der Waals surface area contributed by atoms with Crippen LogP contribution in [0.3, 0.4) is 0 Å². The maximum absolute atomic E-state index is 9.15. The Morgan fingerprint density at radius 2 is 1.89 bits per heavy atom. The van der Waals surface area contributed by atoms with Gasteiger partial charge >= 0.3 is 0 Å². The van der Waals surface area contributed by atoms with Crippen molar-refractivity contribution in [3.05, 3.63) is 26.6 Å². The molecule has 3 nitrogen and oxygen atoms in total. The van der Waals surface area contributed by atoms with Crippen molar-refractivity contribution in [3.63, 3.8) is 0 Å². The SMILES string of the molecule is CCCOc1c(Br)cc(CN[C@H](CC)CO)cc1Br. The Labute approximate surface area is 132 Å². The summed E-state index contributed by atoms with van der Waals surface area (Å²) in [5.74, 6) is 0.847. The molecule has 0 bridgehead atoms. The zero-order valence-electron chi connectivity index (χ0n) is 11.4. The fourth-order valence-electron chi connectivity index (χ4n) is 1.66. The molecule has 0 radical (unpaired) electrons. The molecule has 108 valence electrons. The third-order valence-electron chi connectivity index (χ3n) is 2.82. The van der Waals surface area contributed by atoms with Crippen molar-refractivity contribution in [1.29, 1.82) is 0 Å². The number of rotatable bonds is 8. The van der Waals surface area contributed by atoms with Gasteiger partial charge in [-0.05, 0) is 62.4 Å². The lowest BCUT2D eigenvalue weighted by atomic mass is 10.2. The molecule has 5 heteroatoms. The highest BCUT2D eigenvalue weighted by atomic mass is 79.9. The molecule has 0 aliphatic heterocycles. The molecule has 1 atom stereocenters. The second-order valence-corrected chi connectivity index (χ2v) is 6.11. The number of aliphatic hydroxyl groups excluding tert-OH is 1. The number of hydrogen-bond acceptors (Lipinski definition) is 3. The van der Waals surface area contributed by atoms with Crippen LogP contribution in [0.1, 0.15) is 32.3 Å². The molecular weight excluding hydrogens is 374 g/mol. The summed E-state index contributed by atoms with van der Waals surface area (Å²) >= 11 is 7.07. The quantitative estimate of drug-likeness (QED) is 0.703. The van der Waals surface area contributed by atoms with E-state index in [4.69, 9.17) is 9.84 Å². The van der Waals surface area contributed by atoms with E-state index >= 15 is 0 Å². The van der Waals surface area contributed by atoms with E-state index in [0.717, 1.165) is 39.6 Å². The Balaban J connectivity index is 2.71. The highest BCUT2D eigenvalue weighted by Gasteiger charge is 2.10. The van der Waals surface area contributed by atoms with Crippen molar-refractivity contribution < 1.29 is 9.84 Å². The van der Waals surface area contributed by atoms with E-state index in [-0.39, 0.29) is 12.6 Å². The van der Waals surface area contributed by atoms with Crippen LogP contribution in [0.15, 0.2) is 21.1 Å². The van der Waals surface area contributed by atoms with Crippen LogP contribution >= 0.6 is 31.9 Å². The summed E-state index contributed by atoms with van der Waals surface area (Å²) in [5, 5.41) is 12.5. The maximum atomic E-state index is 9.15. The molecule has 1 aromatic rings. The lowest BCUT2D eigenvalue weighted by molar-refractivity contribution is 0.238. The summed E-state index contributed by atoms with van der Waals surface area (Å²) in [6, 6.07) is 4.24. The van der Waals surface area contributed by atoms with E-state index in [9.17, 15) is 0 Å². The number of aliphatic hydroxyl groups is 1. The molecule has 0 amide bonds. The van der Waals surface area contributed by atoms with Gasteiger partial charge in [-0.3, -0.25) is 0 Å². The van der Waals surface area contributed by atoms with Gasteiger partial charge in [-0.25, -0.2) is 0 Å². The largest absolute Gasteiger partial charge is 0.491 e. The zero-order chi connectivity index (χ0) is 14.3. The number of hydrogen-bond donors (Lipinski definition) is 2. The van der Waals surface area contributed by atoms with Crippen LogP contribution in [0.25, 0.3) is 0 Å². The predicted octanol–water partition coefficient (Wildman–Crippen LogP) is 3.86. The fourth-order valence-corrected chi connectivity index (χ4v) is 3.17. The van der Waals surface area contributed by atoms with Crippen molar-refractivity contribution >= 4 is 31.9 Å². The average molecular weight is 395 g/mol. The van der Waals surface area contributed by atoms with Gasteiger partial charge in [0.15, 0.2) is 0 Å². The Hall–Kier alpha value is -0.100. The second-order valence-electron chi connectivity index (χ2n) is 4.41. The van der Waals surface area contributed by atoms with Crippen LogP contribution < -0.4 is 10.1 Å². The molecule has 0 heterocycles. The molecule has 2 N–H and O–H groups in total. The Morgan fingerprint density at radius 1 is 1.26 bits per heavy atom. The minimum absolute atomic E-state index is 0.147. The van der Waals surface area contributed by atoms with Gasteiger partial charge in [0.1, 0.15) is 5.75 Å². The minimum Gasteiger partial charge on any atom is -0.491 e. The molecular formula is C14H21Br2NO2. The summed E-state index contributed by atoms with van der Waals surface area (Å²) in [7, 11) is 0. The van der Waals surface area contributed by atoms with Gasteiger partial charge in [-0.15, -0.1) is 0 Å². The van der Waals surface area contributed by atoms with Crippen molar-refractivity contribution in [2.45, 2.75) is 39.3 Å². The van der Waals surface area contributed by atoms with Crippen LogP contribution in [0.4, 0.5) is 0 Å². The van der Waals surface area contributed by atoms with E-state index in [1.165, 1.54) is 0 Å². The summed E-state index contributed by atoms with van der Waals surface area (Å²) in [5.41, 5.74) is 1.15. The first kappa shape index (κ1) is 17.0. The Kier molecular flexibility index (Phi) is 7.99. The maximum Gasteiger partial charge on any atom is 0.147 e. The topological polar surface area (TPSA) is 41.5 Å². The third kappa shape index (κ3) is 5.42. The van der Waals surface area contributed by atoms with Gasteiger partial charge in [0.2, 0.25) is 0 Å². The summed E-state index contributed by atoms with van der Waals surface area (Å²) in [4.78, 5) is 0. The van der Waals surface area contributed by atoms with Crippen molar-refractivity contribution in [2.75, 3.05) is 13.2 Å². The van der Waals surface area contributed by atoms with Gasteiger partial charge in [-0.2, -0.15) is 0 Å². The number of benzene rings is 1. The van der Waals surface area contributed by atoms with Crippen LogP contribution in [-0.2, 0) is 6.54 Å². The molecule has 0 aliphatic rings. The number of halogens is 2. The van der Waals surface area contributed by atoms with Gasteiger partial charge in [0, 0.05) is 12.6 Å². The molecule has 1 rings (SSSR count). The second kappa shape index (κ2) is 8.95. The highest BCUT2D eigenvalue weighted by Crippen LogP contribution is 2.34. The zero-order valence-corrected chi connectivity index (χ0v) is 14.6. The number of ether oxygens (including phenoxy) is 1. The fraction of sp³-hybridized carbons (Fsp3) is 0.571. The average Bonchev–Trinajstić information content (AvgIpc) is 2.39.